The molecule has 0 radical (unpaired) electrons. The van der Waals surface area contributed by atoms with Gasteiger partial charge < -0.3 is 9.59 Å². The van der Waals surface area contributed by atoms with Gasteiger partial charge in [0, 0.05) is 0 Å². The predicted octanol–water partition coefficient (Wildman–Crippen LogP) is -0.169. The highest BCUT2D eigenvalue weighted by Crippen LogP contribution is 2.24. The maximum atomic E-state index is 8.70. The van der Waals surface area contributed by atoms with E-state index >= 15 is 0 Å². The van der Waals surface area contributed by atoms with Gasteiger partial charge >= 0.3 is 0 Å². The molecule has 1 saturated heterocycles. The number of rotatable bonds is 2. The van der Waals surface area contributed by atoms with Crippen LogP contribution in [0.4, 0.5) is 0 Å². The van der Waals surface area contributed by atoms with Crippen molar-refractivity contribution in [1.82, 2.24) is 0 Å². The van der Waals surface area contributed by atoms with Crippen molar-refractivity contribution >= 4 is 0 Å². The minimum atomic E-state index is 0.245. The quantitative estimate of drug-likeness (QED) is 0.417. The summed E-state index contributed by atoms with van der Waals surface area (Å²) in [5.74, 6) is 2.74. The van der Waals surface area contributed by atoms with Crippen molar-refractivity contribution < 1.29 is 9.59 Å². The highest BCUT2D eigenvalue weighted by molar-refractivity contribution is 4.98. The van der Waals surface area contributed by atoms with Crippen LogP contribution < -0.4 is 0 Å². The number of terminal acetylenes is 1. The number of hydrogen-bond donors (Lipinski definition) is 1. The van der Waals surface area contributed by atoms with Gasteiger partial charge in [-0.3, -0.25) is 0 Å². The van der Waals surface area contributed by atoms with Gasteiger partial charge in [-0.15, -0.1) is 6.42 Å². The zero-order valence-corrected chi connectivity index (χ0v) is 6.38. The van der Waals surface area contributed by atoms with Crippen LogP contribution in [0.25, 0.3) is 0 Å². The average molecular weight is 140 g/mol. The van der Waals surface area contributed by atoms with Crippen molar-refractivity contribution in [2.45, 2.75) is 12.5 Å². The van der Waals surface area contributed by atoms with Gasteiger partial charge in [-0.25, -0.2) is 0 Å². The molecule has 0 aromatic heterocycles. The van der Waals surface area contributed by atoms with E-state index in [-0.39, 0.29) is 6.61 Å². The van der Waals surface area contributed by atoms with Crippen LogP contribution in [0.2, 0.25) is 0 Å². The van der Waals surface area contributed by atoms with Gasteiger partial charge in [0.05, 0.1) is 26.6 Å². The Balaban J connectivity index is 2.46. The van der Waals surface area contributed by atoms with Crippen LogP contribution in [0, 0.1) is 12.3 Å². The lowest BCUT2D eigenvalue weighted by atomic mass is 10.00. The van der Waals surface area contributed by atoms with Gasteiger partial charge in [-0.1, -0.05) is 0 Å². The number of aliphatic hydroxyl groups excluding tert-OH is 1. The molecule has 0 bridgehead atoms. The van der Waals surface area contributed by atoms with Gasteiger partial charge in [-0.2, -0.15) is 0 Å². The predicted molar refractivity (Wildman–Crippen MR) is 40.2 cm³/mol. The summed E-state index contributed by atoms with van der Waals surface area (Å²) in [5, 5.41) is 8.70. The number of nitrogens with zero attached hydrogens (tertiary/aromatic N) is 1. The molecular formula is C8H14NO+. The van der Waals surface area contributed by atoms with E-state index in [0.29, 0.717) is 6.04 Å². The maximum absolute atomic E-state index is 8.70. The van der Waals surface area contributed by atoms with E-state index in [0.717, 1.165) is 24.0 Å². The normalized spacial score (nSPS) is 38.3. The van der Waals surface area contributed by atoms with Crippen molar-refractivity contribution in [1.29, 1.82) is 0 Å². The molecule has 0 aliphatic carbocycles. The third-order valence-electron chi connectivity index (χ3n) is 2.47. The molecule has 0 aromatic rings. The van der Waals surface area contributed by atoms with Crippen molar-refractivity contribution in [2.75, 3.05) is 26.7 Å². The van der Waals surface area contributed by atoms with Crippen LogP contribution in [0.15, 0.2) is 0 Å². The molecule has 1 rings (SSSR count). The van der Waals surface area contributed by atoms with Crippen LogP contribution >= 0.6 is 0 Å². The third kappa shape index (κ3) is 1.03. The Morgan fingerprint density at radius 3 is 2.80 bits per heavy atom. The molecule has 2 atom stereocenters. The molecule has 1 heterocycles. The van der Waals surface area contributed by atoms with Crippen LogP contribution in [0.1, 0.15) is 6.42 Å². The third-order valence-corrected chi connectivity index (χ3v) is 2.47. The highest BCUT2D eigenvalue weighted by atomic mass is 16.3. The summed E-state index contributed by atoms with van der Waals surface area (Å²) in [6, 6.07) is 0.354. The summed E-state index contributed by atoms with van der Waals surface area (Å²) in [5.41, 5.74) is 0. The largest absolute Gasteiger partial charge is 0.391 e. The van der Waals surface area contributed by atoms with E-state index in [1.54, 1.807) is 0 Å². The van der Waals surface area contributed by atoms with Crippen molar-refractivity contribution in [3.8, 4) is 12.3 Å². The lowest BCUT2D eigenvalue weighted by Crippen LogP contribution is -2.62. The van der Waals surface area contributed by atoms with Gasteiger partial charge in [0.25, 0.3) is 0 Å². The molecule has 10 heavy (non-hydrogen) atoms. The lowest BCUT2D eigenvalue weighted by Gasteiger charge is -2.46. The second-order valence-corrected chi connectivity index (χ2v) is 3.12. The first-order valence-corrected chi connectivity index (χ1v) is 3.64. The van der Waals surface area contributed by atoms with E-state index in [4.69, 9.17) is 11.5 Å². The second kappa shape index (κ2) is 2.61. The summed E-state index contributed by atoms with van der Waals surface area (Å²) in [6.45, 7) is 2.17. The Morgan fingerprint density at radius 2 is 2.50 bits per heavy atom. The molecular weight excluding hydrogens is 126 g/mol. The number of quaternary nitrogens is 1. The Kier molecular flexibility index (Phi) is 1.98. The Bertz CT molecular complexity index is 161. The Hall–Kier alpha value is -0.520. The smallest absolute Gasteiger partial charge is 0.156 e. The topological polar surface area (TPSA) is 20.2 Å². The minimum Gasteiger partial charge on any atom is -0.391 e. The number of likely N-dealkylation sites (N-methyl/N-ethyl adjacent to an activating group) is 1. The molecule has 1 aliphatic rings. The zero-order chi connectivity index (χ0) is 7.61. The van der Waals surface area contributed by atoms with Gasteiger partial charge in [0.1, 0.15) is 6.54 Å². The summed E-state index contributed by atoms with van der Waals surface area (Å²) >= 11 is 0. The van der Waals surface area contributed by atoms with Crippen LogP contribution in [-0.4, -0.2) is 42.4 Å². The minimum absolute atomic E-state index is 0.245. The summed E-state index contributed by atoms with van der Waals surface area (Å²) in [4.78, 5) is 0. The SMILES string of the molecule is C#C[C@@H]1CC[N+]1(C)CCO. The fourth-order valence-corrected chi connectivity index (χ4v) is 1.46. The van der Waals surface area contributed by atoms with Crippen molar-refractivity contribution in [2.24, 2.45) is 0 Å². The number of likely N-dealkylation sites (tertiary alicyclic amines) is 1. The molecule has 1 unspecified atom stereocenters. The average Bonchev–Trinajstić information content (AvgIpc) is 1.88. The molecule has 56 valence electrons. The molecule has 1 N–H and O–H groups in total. The fraction of sp³-hybridized carbons (Fsp3) is 0.750. The first kappa shape index (κ1) is 7.59. The van der Waals surface area contributed by atoms with Gasteiger partial charge in [-0.05, 0) is 5.92 Å². The standard InChI is InChI=1S/C8H14NO/c1-3-8-4-5-9(8,2)6-7-10/h1,8,10H,4-7H2,2H3/q+1/t8-,9?/m1/s1. The molecule has 2 heteroatoms. The maximum Gasteiger partial charge on any atom is 0.156 e. The first-order valence-electron chi connectivity index (χ1n) is 3.64. The lowest BCUT2D eigenvalue weighted by molar-refractivity contribution is -0.964. The monoisotopic (exact) mass is 140 g/mol. The van der Waals surface area contributed by atoms with E-state index < -0.39 is 0 Å². The van der Waals surface area contributed by atoms with Crippen LogP contribution in [0.5, 0.6) is 0 Å². The molecule has 1 fully saturated rings. The highest BCUT2D eigenvalue weighted by Gasteiger charge is 2.40. The van der Waals surface area contributed by atoms with E-state index in [1.165, 1.54) is 0 Å². The second-order valence-electron chi connectivity index (χ2n) is 3.12. The van der Waals surface area contributed by atoms with Crippen LogP contribution in [0.3, 0.4) is 0 Å². The number of hydrogen-bond acceptors (Lipinski definition) is 1. The number of aliphatic hydroxyl groups is 1. The summed E-state index contributed by atoms with van der Waals surface area (Å²) in [7, 11) is 2.10. The molecule has 0 amide bonds. The van der Waals surface area contributed by atoms with Gasteiger partial charge in [0.2, 0.25) is 0 Å². The van der Waals surface area contributed by atoms with E-state index in [9.17, 15) is 0 Å². The first-order chi connectivity index (χ1) is 4.73. The van der Waals surface area contributed by atoms with E-state index in [2.05, 4.69) is 13.0 Å². The molecule has 2 nitrogen and oxygen atoms in total. The summed E-state index contributed by atoms with van der Waals surface area (Å²) in [6.07, 6.45) is 6.41. The fourth-order valence-electron chi connectivity index (χ4n) is 1.46. The van der Waals surface area contributed by atoms with Crippen molar-refractivity contribution in [3.05, 3.63) is 0 Å². The summed E-state index contributed by atoms with van der Waals surface area (Å²) < 4.78 is 0.868. The molecule has 1 aliphatic heterocycles. The van der Waals surface area contributed by atoms with Crippen molar-refractivity contribution in [3.63, 3.8) is 0 Å². The Morgan fingerprint density at radius 1 is 1.80 bits per heavy atom. The van der Waals surface area contributed by atoms with Crippen LogP contribution in [-0.2, 0) is 0 Å². The zero-order valence-electron chi connectivity index (χ0n) is 6.38. The Labute approximate surface area is 62.1 Å². The molecule has 0 spiro atoms. The molecule has 0 aromatic carbocycles. The van der Waals surface area contributed by atoms with Gasteiger partial charge in [0.15, 0.2) is 6.04 Å². The van der Waals surface area contributed by atoms with E-state index in [1.807, 2.05) is 0 Å². The molecule has 0 saturated carbocycles.